The van der Waals surface area contributed by atoms with Crippen molar-refractivity contribution in [2.24, 2.45) is 0 Å². The SMILES string of the molecule is O=C(Nc1ccc(CC(=O)N2CCCC2)cc1)c1ccccc1Br. The van der Waals surface area contributed by atoms with E-state index in [1.165, 1.54) is 0 Å². The minimum absolute atomic E-state index is 0.164. The van der Waals surface area contributed by atoms with Crippen molar-refractivity contribution in [3.05, 3.63) is 64.1 Å². The second kappa shape index (κ2) is 7.62. The lowest BCUT2D eigenvalue weighted by Crippen LogP contribution is -2.29. The van der Waals surface area contributed by atoms with Crippen molar-refractivity contribution >= 4 is 33.4 Å². The lowest BCUT2D eigenvalue weighted by molar-refractivity contribution is -0.129. The average Bonchev–Trinajstić information content (AvgIpc) is 3.11. The smallest absolute Gasteiger partial charge is 0.256 e. The molecule has 2 aromatic carbocycles. The molecule has 0 aromatic heterocycles. The lowest BCUT2D eigenvalue weighted by atomic mass is 10.1. The van der Waals surface area contributed by atoms with Gasteiger partial charge in [0.2, 0.25) is 5.91 Å². The van der Waals surface area contributed by atoms with Gasteiger partial charge in [0.15, 0.2) is 0 Å². The van der Waals surface area contributed by atoms with E-state index >= 15 is 0 Å². The highest BCUT2D eigenvalue weighted by Crippen LogP contribution is 2.18. The van der Waals surface area contributed by atoms with E-state index in [1.54, 1.807) is 6.07 Å². The number of halogens is 1. The van der Waals surface area contributed by atoms with Crippen molar-refractivity contribution in [1.29, 1.82) is 0 Å². The molecule has 2 amide bonds. The fourth-order valence-electron chi connectivity index (χ4n) is 2.80. The number of likely N-dealkylation sites (tertiary alicyclic amines) is 1. The van der Waals surface area contributed by atoms with Crippen LogP contribution in [0.15, 0.2) is 53.0 Å². The average molecular weight is 387 g/mol. The molecule has 0 saturated carbocycles. The maximum Gasteiger partial charge on any atom is 0.256 e. The number of rotatable bonds is 4. The van der Waals surface area contributed by atoms with Crippen LogP contribution in [0.3, 0.4) is 0 Å². The Morgan fingerprint density at radius 3 is 2.33 bits per heavy atom. The second-order valence-corrected chi connectivity index (χ2v) is 6.75. The van der Waals surface area contributed by atoms with E-state index in [1.807, 2.05) is 47.4 Å². The van der Waals surface area contributed by atoms with Crippen molar-refractivity contribution in [2.75, 3.05) is 18.4 Å². The molecule has 1 aliphatic heterocycles. The zero-order valence-electron chi connectivity index (χ0n) is 13.3. The number of carbonyl (C=O) groups is 2. The quantitative estimate of drug-likeness (QED) is 0.866. The summed E-state index contributed by atoms with van der Waals surface area (Å²) < 4.78 is 0.760. The van der Waals surface area contributed by atoms with E-state index in [9.17, 15) is 9.59 Å². The summed E-state index contributed by atoms with van der Waals surface area (Å²) in [7, 11) is 0. The van der Waals surface area contributed by atoms with Gasteiger partial charge in [-0.3, -0.25) is 9.59 Å². The van der Waals surface area contributed by atoms with Crippen LogP contribution in [-0.2, 0) is 11.2 Å². The number of nitrogens with one attached hydrogen (secondary N) is 1. The third-order valence-electron chi connectivity index (χ3n) is 4.14. The molecule has 2 aromatic rings. The number of nitrogens with zero attached hydrogens (tertiary/aromatic N) is 1. The molecule has 0 aliphatic carbocycles. The maximum absolute atomic E-state index is 12.3. The molecular weight excluding hydrogens is 368 g/mol. The van der Waals surface area contributed by atoms with E-state index in [2.05, 4.69) is 21.2 Å². The first kappa shape index (κ1) is 16.7. The molecule has 1 fully saturated rings. The van der Waals surface area contributed by atoms with Crippen LogP contribution in [0.2, 0.25) is 0 Å². The van der Waals surface area contributed by atoms with Crippen molar-refractivity contribution in [3.8, 4) is 0 Å². The van der Waals surface area contributed by atoms with Gasteiger partial charge >= 0.3 is 0 Å². The fraction of sp³-hybridized carbons (Fsp3) is 0.263. The molecule has 0 unspecified atom stereocenters. The van der Waals surface area contributed by atoms with Gasteiger partial charge in [-0.1, -0.05) is 24.3 Å². The van der Waals surface area contributed by atoms with Crippen LogP contribution in [0.25, 0.3) is 0 Å². The number of benzene rings is 2. The van der Waals surface area contributed by atoms with Crippen LogP contribution in [0.1, 0.15) is 28.8 Å². The Labute approximate surface area is 150 Å². The first-order chi connectivity index (χ1) is 11.6. The summed E-state index contributed by atoms with van der Waals surface area (Å²) in [6.45, 7) is 1.75. The molecule has 5 heteroatoms. The molecule has 1 heterocycles. The Balaban J connectivity index is 1.61. The number of anilines is 1. The standard InChI is InChI=1S/C19H19BrN2O2/c20-17-6-2-1-5-16(17)19(24)21-15-9-7-14(8-10-15)13-18(23)22-11-3-4-12-22/h1-2,5-10H,3-4,11-13H2,(H,21,24). The summed E-state index contributed by atoms with van der Waals surface area (Å²) in [4.78, 5) is 26.3. The molecule has 1 saturated heterocycles. The normalized spacial score (nSPS) is 13.8. The van der Waals surface area contributed by atoms with E-state index < -0.39 is 0 Å². The molecule has 0 bridgehead atoms. The Morgan fingerprint density at radius 2 is 1.67 bits per heavy atom. The van der Waals surface area contributed by atoms with Crippen molar-refractivity contribution < 1.29 is 9.59 Å². The third-order valence-corrected chi connectivity index (χ3v) is 4.84. The van der Waals surface area contributed by atoms with Crippen LogP contribution in [0.4, 0.5) is 5.69 Å². The Kier molecular flexibility index (Phi) is 5.30. The number of carbonyl (C=O) groups excluding carboxylic acids is 2. The van der Waals surface area contributed by atoms with Crippen molar-refractivity contribution in [3.63, 3.8) is 0 Å². The number of hydrogen-bond acceptors (Lipinski definition) is 2. The van der Waals surface area contributed by atoms with Gasteiger partial charge in [0, 0.05) is 23.2 Å². The van der Waals surface area contributed by atoms with Gasteiger partial charge in [-0.05, 0) is 58.6 Å². The summed E-state index contributed by atoms with van der Waals surface area (Å²) in [5.41, 5.74) is 2.27. The van der Waals surface area contributed by atoms with E-state index in [4.69, 9.17) is 0 Å². The van der Waals surface area contributed by atoms with Crippen molar-refractivity contribution in [1.82, 2.24) is 4.90 Å². The number of amides is 2. The van der Waals surface area contributed by atoms with Crippen LogP contribution in [0.5, 0.6) is 0 Å². The van der Waals surface area contributed by atoms with E-state index in [0.717, 1.165) is 36.0 Å². The third kappa shape index (κ3) is 4.03. The zero-order valence-corrected chi connectivity index (χ0v) is 14.9. The fourth-order valence-corrected chi connectivity index (χ4v) is 3.27. The molecule has 3 rings (SSSR count). The maximum atomic E-state index is 12.3. The molecule has 124 valence electrons. The minimum atomic E-state index is -0.164. The summed E-state index contributed by atoms with van der Waals surface area (Å²) in [5, 5.41) is 2.87. The van der Waals surface area contributed by atoms with E-state index in [-0.39, 0.29) is 11.8 Å². The summed E-state index contributed by atoms with van der Waals surface area (Å²) in [6.07, 6.45) is 2.62. The molecule has 1 aliphatic rings. The highest BCUT2D eigenvalue weighted by atomic mass is 79.9. The van der Waals surface area contributed by atoms with Gasteiger partial charge in [-0.2, -0.15) is 0 Å². The Bertz CT molecular complexity index is 737. The largest absolute Gasteiger partial charge is 0.342 e. The Hall–Kier alpha value is -2.14. The zero-order chi connectivity index (χ0) is 16.9. The summed E-state index contributed by atoms with van der Waals surface area (Å²) in [6, 6.07) is 14.8. The molecular formula is C19H19BrN2O2. The predicted octanol–water partition coefficient (Wildman–Crippen LogP) is 3.87. The van der Waals surface area contributed by atoms with Crippen LogP contribution in [0, 0.1) is 0 Å². The van der Waals surface area contributed by atoms with Gasteiger partial charge in [0.1, 0.15) is 0 Å². The molecule has 4 nitrogen and oxygen atoms in total. The van der Waals surface area contributed by atoms with Crippen LogP contribution in [-0.4, -0.2) is 29.8 Å². The second-order valence-electron chi connectivity index (χ2n) is 5.90. The highest BCUT2D eigenvalue weighted by Gasteiger charge is 2.17. The first-order valence-corrected chi connectivity index (χ1v) is 8.85. The van der Waals surface area contributed by atoms with Gasteiger partial charge in [0.05, 0.1) is 12.0 Å². The molecule has 0 radical (unpaired) electrons. The van der Waals surface area contributed by atoms with Crippen LogP contribution >= 0.6 is 15.9 Å². The Morgan fingerprint density at radius 1 is 1.00 bits per heavy atom. The van der Waals surface area contributed by atoms with Gasteiger partial charge in [0.25, 0.3) is 5.91 Å². The highest BCUT2D eigenvalue weighted by molar-refractivity contribution is 9.10. The molecule has 1 N–H and O–H groups in total. The molecule has 0 spiro atoms. The first-order valence-electron chi connectivity index (χ1n) is 8.06. The molecule has 0 atom stereocenters. The summed E-state index contributed by atoms with van der Waals surface area (Å²) >= 11 is 3.38. The molecule has 24 heavy (non-hydrogen) atoms. The number of hydrogen-bond donors (Lipinski definition) is 1. The van der Waals surface area contributed by atoms with Gasteiger partial charge in [-0.15, -0.1) is 0 Å². The summed E-state index contributed by atoms with van der Waals surface area (Å²) in [5.74, 6) is 0.0147. The lowest BCUT2D eigenvalue weighted by Gasteiger charge is -2.15. The topological polar surface area (TPSA) is 49.4 Å². The van der Waals surface area contributed by atoms with Gasteiger partial charge < -0.3 is 10.2 Å². The van der Waals surface area contributed by atoms with Crippen molar-refractivity contribution in [2.45, 2.75) is 19.3 Å². The van der Waals surface area contributed by atoms with E-state index in [0.29, 0.717) is 17.7 Å². The van der Waals surface area contributed by atoms with Gasteiger partial charge in [-0.25, -0.2) is 0 Å². The monoisotopic (exact) mass is 386 g/mol. The minimum Gasteiger partial charge on any atom is -0.342 e. The predicted molar refractivity (Wildman–Crippen MR) is 98.1 cm³/mol. The van der Waals surface area contributed by atoms with Crippen LogP contribution < -0.4 is 5.32 Å².